The second-order valence-corrected chi connectivity index (χ2v) is 3.23. The van der Waals surface area contributed by atoms with Crippen LogP contribution in [0.3, 0.4) is 0 Å². The summed E-state index contributed by atoms with van der Waals surface area (Å²) in [6.07, 6.45) is 1.39. The van der Waals surface area contributed by atoms with E-state index in [1.165, 1.54) is 18.3 Å². The van der Waals surface area contributed by atoms with E-state index in [1.807, 2.05) is 12.1 Å². The van der Waals surface area contributed by atoms with Crippen LogP contribution in [0.15, 0.2) is 42.6 Å². The number of nitrogen functional groups attached to an aromatic ring is 1. The Hall–Kier alpha value is -2.34. The van der Waals surface area contributed by atoms with Crippen LogP contribution >= 0.6 is 0 Å². The minimum atomic E-state index is -0.336. The summed E-state index contributed by atoms with van der Waals surface area (Å²) in [7, 11) is 0. The summed E-state index contributed by atoms with van der Waals surface area (Å²) in [5.74, 6) is 5.32. The zero-order chi connectivity index (χ0) is 11.4. The molecule has 16 heavy (non-hydrogen) atoms. The molecule has 0 saturated carbocycles. The molecule has 1 aromatic carbocycles. The van der Waals surface area contributed by atoms with E-state index in [0.717, 1.165) is 5.56 Å². The normalized spacial score (nSPS) is 9.31. The first kappa shape index (κ1) is 10.2. The molecular weight excluding hydrogens is 203 g/mol. The van der Waals surface area contributed by atoms with Gasteiger partial charge in [-0.25, -0.2) is 9.37 Å². The average molecular weight is 212 g/mol. The maximum Gasteiger partial charge on any atom is 0.127 e. The van der Waals surface area contributed by atoms with Crippen molar-refractivity contribution in [1.29, 1.82) is 0 Å². The fourth-order valence-corrected chi connectivity index (χ4v) is 1.18. The Morgan fingerprint density at radius 1 is 1.06 bits per heavy atom. The Kier molecular flexibility index (Phi) is 2.84. The Labute approximate surface area is 92.9 Å². The molecule has 2 rings (SSSR count). The maximum atomic E-state index is 12.8. The first-order valence-corrected chi connectivity index (χ1v) is 4.73. The zero-order valence-corrected chi connectivity index (χ0v) is 8.44. The number of nitrogens with zero attached hydrogens (tertiary/aromatic N) is 1. The van der Waals surface area contributed by atoms with Gasteiger partial charge in [0.15, 0.2) is 0 Å². The topological polar surface area (TPSA) is 38.9 Å². The lowest BCUT2D eigenvalue weighted by atomic mass is 10.2. The summed E-state index contributed by atoms with van der Waals surface area (Å²) in [5.41, 5.74) is 7.47. The number of rotatable bonds is 0. The highest BCUT2D eigenvalue weighted by Crippen LogP contribution is 2.04. The number of pyridine rings is 1. The van der Waals surface area contributed by atoms with Crippen LogP contribution in [0, 0.1) is 17.7 Å². The molecule has 0 aliphatic heterocycles. The molecule has 2 N–H and O–H groups in total. The van der Waals surface area contributed by atoms with Crippen LogP contribution < -0.4 is 5.73 Å². The highest BCUT2D eigenvalue weighted by Gasteiger charge is 1.91. The van der Waals surface area contributed by atoms with Gasteiger partial charge in [-0.2, -0.15) is 0 Å². The number of aromatic nitrogens is 1. The second-order valence-electron chi connectivity index (χ2n) is 3.23. The van der Waals surface area contributed by atoms with Crippen LogP contribution in [0.25, 0.3) is 0 Å². The summed E-state index contributed by atoms with van der Waals surface area (Å²) < 4.78 is 12.8. The summed E-state index contributed by atoms with van der Waals surface area (Å²) in [6.45, 7) is 0. The Balaban J connectivity index is 2.25. The van der Waals surface area contributed by atoms with E-state index in [2.05, 4.69) is 16.8 Å². The smallest absolute Gasteiger partial charge is 0.127 e. The molecule has 0 bridgehead atoms. The van der Waals surface area contributed by atoms with E-state index < -0.39 is 0 Å². The van der Waals surface area contributed by atoms with Crippen molar-refractivity contribution in [2.75, 3.05) is 5.73 Å². The molecule has 3 heteroatoms. The number of hydrogen-bond donors (Lipinski definition) is 1. The highest BCUT2D eigenvalue weighted by atomic mass is 19.1. The third-order valence-electron chi connectivity index (χ3n) is 1.97. The quantitative estimate of drug-likeness (QED) is 0.537. The lowest BCUT2D eigenvalue weighted by molar-refractivity contribution is 0.625. The Morgan fingerprint density at radius 3 is 2.50 bits per heavy atom. The van der Waals surface area contributed by atoms with Crippen molar-refractivity contribution in [3.8, 4) is 11.8 Å². The molecular formula is C13H9FN2. The zero-order valence-electron chi connectivity index (χ0n) is 8.44. The van der Waals surface area contributed by atoms with Gasteiger partial charge in [0.25, 0.3) is 0 Å². The van der Waals surface area contributed by atoms with Gasteiger partial charge in [0.2, 0.25) is 0 Å². The van der Waals surface area contributed by atoms with Crippen LogP contribution in [0.2, 0.25) is 0 Å². The van der Waals surface area contributed by atoms with Gasteiger partial charge in [0.1, 0.15) is 11.5 Å². The molecule has 78 valence electrons. The van der Waals surface area contributed by atoms with E-state index >= 15 is 0 Å². The largest absolute Gasteiger partial charge is 0.399 e. The van der Waals surface area contributed by atoms with Gasteiger partial charge in [-0.05, 0) is 36.3 Å². The van der Waals surface area contributed by atoms with Crippen molar-refractivity contribution in [2.24, 2.45) is 0 Å². The number of benzene rings is 1. The molecule has 2 aromatic rings. The lowest BCUT2D eigenvalue weighted by Crippen LogP contribution is -1.85. The van der Waals surface area contributed by atoms with Gasteiger partial charge in [-0.1, -0.05) is 5.92 Å². The lowest BCUT2D eigenvalue weighted by Gasteiger charge is -1.92. The maximum absolute atomic E-state index is 12.8. The molecule has 0 saturated heterocycles. The van der Waals surface area contributed by atoms with E-state index in [1.54, 1.807) is 12.1 Å². The number of anilines is 1. The van der Waals surface area contributed by atoms with Crippen LogP contribution in [0.4, 0.5) is 10.1 Å². The molecule has 0 aliphatic carbocycles. The fraction of sp³-hybridized carbons (Fsp3) is 0. The highest BCUT2D eigenvalue weighted by molar-refractivity contribution is 5.46. The standard InChI is InChI=1S/C13H9FN2/c14-11-7-8-16-13(9-11)6-3-10-1-4-12(15)5-2-10/h1-2,4-5,7-9H,15H2. The van der Waals surface area contributed by atoms with Crippen LogP contribution in [0.1, 0.15) is 11.3 Å². The van der Waals surface area contributed by atoms with Gasteiger partial charge in [-0.3, -0.25) is 0 Å². The van der Waals surface area contributed by atoms with Gasteiger partial charge < -0.3 is 5.73 Å². The van der Waals surface area contributed by atoms with Gasteiger partial charge in [0, 0.05) is 23.5 Å². The SMILES string of the molecule is Nc1ccc(C#Cc2cc(F)ccn2)cc1. The van der Waals surface area contributed by atoms with Crippen molar-refractivity contribution >= 4 is 5.69 Å². The second kappa shape index (κ2) is 4.45. The third-order valence-corrected chi connectivity index (χ3v) is 1.97. The van der Waals surface area contributed by atoms with Gasteiger partial charge in [0.05, 0.1) is 0 Å². The average Bonchev–Trinajstić information content (AvgIpc) is 2.28. The van der Waals surface area contributed by atoms with Crippen LogP contribution in [-0.4, -0.2) is 4.98 Å². The molecule has 0 fully saturated rings. The molecule has 0 unspecified atom stereocenters. The summed E-state index contributed by atoms with van der Waals surface area (Å²) >= 11 is 0. The van der Waals surface area contributed by atoms with Crippen molar-refractivity contribution in [3.05, 3.63) is 59.7 Å². The van der Waals surface area contributed by atoms with Crippen molar-refractivity contribution < 1.29 is 4.39 Å². The molecule has 0 radical (unpaired) electrons. The molecule has 1 heterocycles. The minimum absolute atomic E-state index is 0.336. The molecule has 2 nitrogen and oxygen atoms in total. The van der Waals surface area contributed by atoms with Crippen LogP contribution in [0.5, 0.6) is 0 Å². The summed E-state index contributed by atoms with van der Waals surface area (Å²) in [5, 5.41) is 0. The van der Waals surface area contributed by atoms with E-state index in [-0.39, 0.29) is 5.82 Å². The molecule has 0 spiro atoms. The van der Waals surface area contributed by atoms with Crippen LogP contribution in [-0.2, 0) is 0 Å². The number of halogens is 1. The number of hydrogen-bond acceptors (Lipinski definition) is 2. The first-order valence-electron chi connectivity index (χ1n) is 4.73. The number of nitrogens with two attached hydrogens (primary N) is 1. The molecule has 0 amide bonds. The predicted octanol–water partition coefficient (Wildman–Crippen LogP) is 2.20. The van der Waals surface area contributed by atoms with E-state index in [0.29, 0.717) is 11.4 Å². The van der Waals surface area contributed by atoms with Gasteiger partial charge in [-0.15, -0.1) is 0 Å². The summed E-state index contributed by atoms with van der Waals surface area (Å²) in [4.78, 5) is 3.93. The monoisotopic (exact) mass is 212 g/mol. The minimum Gasteiger partial charge on any atom is -0.399 e. The van der Waals surface area contributed by atoms with Gasteiger partial charge >= 0.3 is 0 Å². The third kappa shape index (κ3) is 2.58. The summed E-state index contributed by atoms with van der Waals surface area (Å²) in [6, 6.07) is 9.73. The van der Waals surface area contributed by atoms with Crippen molar-refractivity contribution in [2.45, 2.75) is 0 Å². The predicted molar refractivity (Wildman–Crippen MR) is 61.0 cm³/mol. The van der Waals surface area contributed by atoms with Crippen molar-refractivity contribution in [3.63, 3.8) is 0 Å². The molecule has 0 aliphatic rings. The molecule has 1 aromatic heterocycles. The Morgan fingerprint density at radius 2 is 1.81 bits per heavy atom. The molecule has 0 atom stereocenters. The first-order chi connectivity index (χ1) is 7.74. The fourth-order valence-electron chi connectivity index (χ4n) is 1.18. The van der Waals surface area contributed by atoms with Crippen molar-refractivity contribution in [1.82, 2.24) is 4.98 Å². The van der Waals surface area contributed by atoms with E-state index in [9.17, 15) is 4.39 Å². The van der Waals surface area contributed by atoms with E-state index in [4.69, 9.17) is 5.73 Å². The Bertz CT molecular complexity index is 550.